The zero-order chi connectivity index (χ0) is 23.4. The van der Waals surface area contributed by atoms with Gasteiger partial charge >= 0.3 is 0 Å². The molecule has 3 aromatic carbocycles. The van der Waals surface area contributed by atoms with E-state index in [0.29, 0.717) is 23.5 Å². The Balaban J connectivity index is 1.52. The van der Waals surface area contributed by atoms with Crippen molar-refractivity contribution in [1.29, 1.82) is 0 Å². The Morgan fingerprint density at radius 3 is 2.42 bits per heavy atom. The van der Waals surface area contributed by atoms with Gasteiger partial charge in [-0.3, -0.25) is 4.79 Å². The molecule has 33 heavy (non-hydrogen) atoms. The molecule has 1 saturated heterocycles. The largest absolute Gasteiger partial charge is 0.496 e. The molecule has 1 N–H and O–H groups in total. The van der Waals surface area contributed by atoms with Crippen molar-refractivity contribution in [3.8, 4) is 5.75 Å². The zero-order valence-electron chi connectivity index (χ0n) is 18.2. The van der Waals surface area contributed by atoms with Gasteiger partial charge in [0.05, 0.1) is 21.6 Å². The fraction of sp³-hybridized carbons (Fsp3) is 0.240. The molecule has 1 atom stereocenters. The van der Waals surface area contributed by atoms with Crippen LogP contribution in [0.15, 0.2) is 77.7 Å². The topological polar surface area (TPSA) is 75.7 Å². The number of nitrogens with zero attached hydrogens (tertiary/aromatic N) is 1. The average Bonchev–Trinajstić information content (AvgIpc) is 2.85. The SMILES string of the molecule is COc1ccc(C(=O)Nc2ccc(S(=O)(=O)N3CCCCC3c3ccccc3)cc2)cc1I. The number of carbonyl (C=O) groups excluding carboxylic acids is 1. The Morgan fingerprint density at radius 2 is 1.76 bits per heavy atom. The lowest BCUT2D eigenvalue weighted by atomic mass is 9.98. The van der Waals surface area contributed by atoms with Gasteiger partial charge in [-0.15, -0.1) is 0 Å². The minimum Gasteiger partial charge on any atom is -0.496 e. The highest BCUT2D eigenvalue weighted by Crippen LogP contribution is 2.35. The van der Waals surface area contributed by atoms with Crippen LogP contribution in [0.5, 0.6) is 5.75 Å². The summed E-state index contributed by atoms with van der Waals surface area (Å²) in [6.45, 7) is 0.497. The molecule has 0 aliphatic carbocycles. The summed E-state index contributed by atoms with van der Waals surface area (Å²) >= 11 is 2.11. The van der Waals surface area contributed by atoms with E-state index < -0.39 is 10.0 Å². The predicted octanol–water partition coefficient (Wildman–Crippen LogP) is 5.47. The molecule has 0 radical (unpaired) electrons. The van der Waals surface area contributed by atoms with E-state index in [1.54, 1.807) is 53.9 Å². The number of piperidine rings is 1. The van der Waals surface area contributed by atoms with Crippen LogP contribution in [0.4, 0.5) is 5.69 Å². The summed E-state index contributed by atoms with van der Waals surface area (Å²) < 4.78 is 34.6. The first-order chi connectivity index (χ1) is 15.9. The highest BCUT2D eigenvalue weighted by molar-refractivity contribution is 14.1. The lowest BCUT2D eigenvalue weighted by Gasteiger charge is -2.35. The summed E-state index contributed by atoms with van der Waals surface area (Å²) in [5, 5.41) is 2.82. The number of methoxy groups -OCH3 is 1. The van der Waals surface area contributed by atoms with Crippen LogP contribution in [-0.2, 0) is 10.0 Å². The minimum absolute atomic E-state index is 0.165. The van der Waals surface area contributed by atoms with Crippen LogP contribution < -0.4 is 10.1 Å². The van der Waals surface area contributed by atoms with E-state index in [2.05, 4.69) is 27.9 Å². The maximum absolute atomic E-state index is 13.4. The lowest BCUT2D eigenvalue weighted by Crippen LogP contribution is -2.38. The molecule has 1 amide bonds. The normalized spacial score (nSPS) is 16.8. The summed E-state index contributed by atoms with van der Waals surface area (Å²) in [5.41, 5.74) is 2.04. The van der Waals surface area contributed by atoms with Crippen molar-refractivity contribution >= 4 is 44.2 Å². The number of nitrogens with one attached hydrogen (secondary N) is 1. The van der Waals surface area contributed by atoms with Gasteiger partial charge in [-0.2, -0.15) is 4.31 Å². The van der Waals surface area contributed by atoms with Crippen molar-refractivity contribution in [2.75, 3.05) is 19.0 Å². The van der Waals surface area contributed by atoms with Gasteiger partial charge in [0.25, 0.3) is 5.91 Å². The highest BCUT2D eigenvalue weighted by Gasteiger charge is 2.34. The second kappa shape index (κ2) is 10.2. The fourth-order valence-electron chi connectivity index (χ4n) is 4.06. The van der Waals surface area contributed by atoms with Crippen LogP contribution in [0.3, 0.4) is 0 Å². The number of hydrogen-bond donors (Lipinski definition) is 1. The van der Waals surface area contributed by atoms with E-state index in [1.165, 1.54) is 0 Å². The van der Waals surface area contributed by atoms with Crippen LogP contribution in [0.2, 0.25) is 0 Å². The Morgan fingerprint density at radius 1 is 1.03 bits per heavy atom. The fourth-order valence-corrected chi connectivity index (χ4v) is 6.48. The number of carbonyl (C=O) groups is 1. The van der Waals surface area contributed by atoms with Crippen LogP contribution >= 0.6 is 22.6 Å². The van der Waals surface area contributed by atoms with Gasteiger partial charge < -0.3 is 10.1 Å². The first-order valence-electron chi connectivity index (χ1n) is 10.7. The quantitative estimate of drug-likeness (QED) is 0.395. The minimum atomic E-state index is -3.66. The third kappa shape index (κ3) is 5.23. The smallest absolute Gasteiger partial charge is 0.255 e. The van der Waals surface area contributed by atoms with Crippen LogP contribution in [-0.4, -0.2) is 32.3 Å². The van der Waals surface area contributed by atoms with Gasteiger partial charge in [-0.1, -0.05) is 36.8 Å². The van der Waals surface area contributed by atoms with Gasteiger partial charge in [0.2, 0.25) is 10.0 Å². The molecule has 1 heterocycles. The van der Waals surface area contributed by atoms with Crippen molar-refractivity contribution in [3.05, 3.63) is 87.5 Å². The van der Waals surface area contributed by atoms with Crippen LogP contribution in [0.1, 0.15) is 41.2 Å². The lowest BCUT2D eigenvalue weighted by molar-refractivity contribution is 0.102. The second-order valence-corrected chi connectivity index (χ2v) is 10.9. The molecule has 6 nitrogen and oxygen atoms in total. The van der Waals surface area contributed by atoms with E-state index >= 15 is 0 Å². The molecule has 3 aromatic rings. The summed E-state index contributed by atoms with van der Waals surface area (Å²) in [4.78, 5) is 12.8. The third-order valence-electron chi connectivity index (χ3n) is 5.77. The molecule has 0 aromatic heterocycles. The summed E-state index contributed by atoms with van der Waals surface area (Å²) in [7, 11) is -2.08. The highest BCUT2D eigenvalue weighted by atomic mass is 127. The summed E-state index contributed by atoms with van der Waals surface area (Å²) in [6, 6.07) is 21.2. The van der Waals surface area contributed by atoms with E-state index in [-0.39, 0.29) is 16.8 Å². The Bertz CT molecular complexity index is 1230. The molecule has 0 saturated carbocycles. The Kier molecular flexibility index (Phi) is 7.35. The number of rotatable bonds is 6. The van der Waals surface area contributed by atoms with Gasteiger partial charge in [0.1, 0.15) is 5.75 Å². The molecule has 0 bridgehead atoms. The first-order valence-corrected chi connectivity index (χ1v) is 13.2. The van der Waals surface area contributed by atoms with E-state index in [1.807, 2.05) is 30.3 Å². The summed E-state index contributed by atoms with van der Waals surface area (Å²) in [5.74, 6) is 0.430. The molecular weight excluding hydrogens is 551 g/mol. The number of halogens is 1. The van der Waals surface area contributed by atoms with E-state index in [0.717, 1.165) is 28.4 Å². The average molecular weight is 576 g/mol. The van der Waals surface area contributed by atoms with Gasteiger partial charge in [-0.05, 0) is 83.5 Å². The number of ether oxygens (including phenoxy) is 1. The third-order valence-corrected chi connectivity index (χ3v) is 8.54. The predicted molar refractivity (Wildman–Crippen MR) is 137 cm³/mol. The summed E-state index contributed by atoms with van der Waals surface area (Å²) in [6.07, 6.45) is 2.65. The number of hydrogen-bond acceptors (Lipinski definition) is 4. The molecule has 8 heteroatoms. The molecular formula is C25H25IN2O4S. The maximum Gasteiger partial charge on any atom is 0.255 e. The van der Waals surface area contributed by atoms with E-state index in [9.17, 15) is 13.2 Å². The van der Waals surface area contributed by atoms with Crippen molar-refractivity contribution < 1.29 is 17.9 Å². The number of sulfonamides is 1. The van der Waals surface area contributed by atoms with E-state index in [4.69, 9.17) is 4.74 Å². The number of amides is 1. The number of benzene rings is 3. The second-order valence-electron chi connectivity index (χ2n) is 7.87. The Hall–Kier alpha value is -2.43. The molecule has 4 rings (SSSR count). The van der Waals surface area contributed by atoms with Crippen molar-refractivity contribution in [3.63, 3.8) is 0 Å². The van der Waals surface area contributed by atoms with Gasteiger partial charge in [0.15, 0.2) is 0 Å². The molecule has 1 fully saturated rings. The Labute approximate surface area is 208 Å². The molecule has 0 spiro atoms. The van der Waals surface area contributed by atoms with Gasteiger partial charge in [-0.25, -0.2) is 8.42 Å². The van der Waals surface area contributed by atoms with Crippen molar-refractivity contribution in [2.45, 2.75) is 30.2 Å². The molecule has 1 aliphatic rings. The van der Waals surface area contributed by atoms with Crippen LogP contribution in [0, 0.1) is 3.57 Å². The first kappa shape index (κ1) is 23.7. The number of anilines is 1. The van der Waals surface area contributed by atoms with Crippen molar-refractivity contribution in [2.24, 2.45) is 0 Å². The molecule has 1 unspecified atom stereocenters. The monoisotopic (exact) mass is 576 g/mol. The molecule has 172 valence electrons. The van der Waals surface area contributed by atoms with Crippen LogP contribution in [0.25, 0.3) is 0 Å². The maximum atomic E-state index is 13.4. The zero-order valence-corrected chi connectivity index (χ0v) is 21.2. The van der Waals surface area contributed by atoms with Crippen molar-refractivity contribution in [1.82, 2.24) is 4.31 Å². The standard InChI is InChI=1S/C25H25IN2O4S/c1-32-24-15-10-19(17-22(24)26)25(29)27-20-11-13-21(14-12-20)33(30,31)28-16-6-5-9-23(28)18-7-3-2-4-8-18/h2-4,7-8,10-15,17,23H,5-6,9,16H2,1H3,(H,27,29). The van der Waals surface area contributed by atoms with Gasteiger partial charge in [0, 0.05) is 17.8 Å². The molecule has 1 aliphatic heterocycles.